The third-order valence-electron chi connectivity index (χ3n) is 4.14. The predicted molar refractivity (Wildman–Crippen MR) is 98.7 cm³/mol. The van der Waals surface area contributed by atoms with Gasteiger partial charge in [-0.15, -0.1) is 0 Å². The van der Waals surface area contributed by atoms with Gasteiger partial charge >= 0.3 is 6.18 Å². The molecule has 1 amide bonds. The monoisotopic (exact) mass is 399 g/mol. The number of nitrogens with two attached hydrogens (primary N) is 1. The van der Waals surface area contributed by atoms with Crippen LogP contribution in [0.25, 0.3) is 22.3 Å². The first-order chi connectivity index (χ1) is 13.8. The highest BCUT2D eigenvalue weighted by Crippen LogP contribution is 2.30. The Morgan fingerprint density at radius 2 is 1.83 bits per heavy atom. The van der Waals surface area contributed by atoms with Gasteiger partial charge in [-0.2, -0.15) is 18.3 Å². The maximum atomic E-state index is 12.8. The van der Waals surface area contributed by atoms with Crippen molar-refractivity contribution in [3.8, 4) is 11.3 Å². The zero-order chi connectivity index (χ0) is 20.6. The molecule has 0 bridgehead atoms. The Kier molecular flexibility index (Phi) is 4.34. The second-order valence-corrected chi connectivity index (χ2v) is 6.02. The predicted octanol–water partition coefficient (Wildman–Crippen LogP) is 3.27. The van der Waals surface area contributed by atoms with Gasteiger partial charge in [0.1, 0.15) is 18.0 Å². The molecule has 0 atom stereocenters. The van der Waals surface area contributed by atoms with Gasteiger partial charge in [-0.25, -0.2) is 15.0 Å². The largest absolute Gasteiger partial charge is 0.416 e. The molecule has 1 aromatic carbocycles. The van der Waals surface area contributed by atoms with E-state index in [1.54, 1.807) is 12.1 Å². The van der Waals surface area contributed by atoms with Crippen molar-refractivity contribution in [3.05, 3.63) is 60.0 Å². The third kappa shape index (κ3) is 3.57. The number of hydrogen-bond acceptors (Lipinski definition) is 6. The lowest BCUT2D eigenvalue weighted by Gasteiger charge is -2.09. The number of hydrogen-bond donors (Lipinski definition) is 3. The maximum Gasteiger partial charge on any atom is 0.416 e. The molecule has 0 aliphatic carbocycles. The third-order valence-corrected chi connectivity index (χ3v) is 4.14. The molecule has 146 valence electrons. The molecule has 0 unspecified atom stereocenters. The number of halogens is 3. The molecule has 4 N–H and O–H groups in total. The molecule has 0 saturated heterocycles. The van der Waals surface area contributed by atoms with E-state index >= 15 is 0 Å². The number of carbonyl (C=O) groups excluding carboxylic acids is 1. The maximum absolute atomic E-state index is 12.8. The van der Waals surface area contributed by atoms with E-state index < -0.39 is 17.6 Å². The quantitative estimate of drug-likeness (QED) is 0.486. The molecule has 0 radical (unpaired) electrons. The van der Waals surface area contributed by atoms with Crippen LogP contribution in [0.5, 0.6) is 0 Å². The Labute approximate surface area is 161 Å². The van der Waals surface area contributed by atoms with Gasteiger partial charge in [0.15, 0.2) is 5.65 Å². The normalized spacial score (nSPS) is 11.6. The van der Waals surface area contributed by atoms with Gasteiger partial charge in [0.05, 0.1) is 16.6 Å². The van der Waals surface area contributed by atoms with Gasteiger partial charge in [0.2, 0.25) is 0 Å². The minimum Gasteiger partial charge on any atom is -0.383 e. The zero-order valence-corrected chi connectivity index (χ0v) is 14.5. The summed E-state index contributed by atoms with van der Waals surface area (Å²) in [6.45, 7) is 0. The number of aromatic nitrogens is 5. The summed E-state index contributed by atoms with van der Waals surface area (Å²) in [5.41, 5.74) is 6.90. The summed E-state index contributed by atoms with van der Waals surface area (Å²) in [6.07, 6.45) is -2.24. The van der Waals surface area contributed by atoms with Crippen molar-refractivity contribution in [1.82, 2.24) is 25.1 Å². The summed E-state index contributed by atoms with van der Waals surface area (Å²) in [4.78, 5) is 24.1. The number of H-pyrrole nitrogens is 1. The Hall–Kier alpha value is -4.02. The average molecular weight is 399 g/mol. The number of nitrogen functional groups attached to an aromatic ring is 1. The van der Waals surface area contributed by atoms with Crippen molar-refractivity contribution in [2.75, 3.05) is 11.1 Å². The number of alkyl halides is 3. The molecule has 4 rings (SSSR count). The van der Waals surface area contributed by atoms with E-state index in [0.717, 1.165) is 18.3 Å². The van der Waals surface area contributed by atoms with Gasteiger partial charge in [0.25, 0.3) is 5.91 Å². The number of fused-ring (bicyclic) bond motifs is 1. The SMILES string of the molecule is Nc1ncnc2n[nH]c(-c3ccc(C(=O)Nc4cc(C(F)(F)F)ccn4)cc3)c12. The van der Waals surface area contributed by atoms with Crippen LogP contribution >= 0.6 is 0 Å². The number of carbonyl (C=O) groups is 1. The molecular weight excluding hydrogens is 387 g/mol. The molecule has 0 fully saturated rings. The molecule has 3 heterocycles. The number of nitrogens with zero attached hydrogens (tertiary/aromatic N) is 4. The molecule has 11 heteroatoms. The average Bonchev–Trinajstić information content (AvgIpc) is 3.13. The molecule has 0 aliphatic heterocycles. The lowest BCUT2D eigenvalue weighted by atomic mass is 10.1. The van der Waals surface area contributed by atoms with Crippen LogP contribution in [0.4, 0.5) is 24.8 Å². The smallest absolute Gasteiger partial charge is 0.383 e. The van der Waals surface area contributed by atoms with Crippen molar-refractivity contribution >= 4 is 28.6 Å². The number of benzene rings is 1. The highest BCUT2D eigenvalue weighted by molar-refractivity contribution is 6.04. The number of anilines is 2. The van der Waals surface area contributed by atoms with Crippen LogP contribution in [0.1, 0.15) is 15.9 Å². The summed E-state index contributed by atoms with van der Waals surface area (Å²) in [5.74, 6) is -0.532. The highest BCUT2D eigenvalue weighted by atomic mass is 19.4. The van der Waals surface area contributed by atoms with Gasteiger partial charge in [0, 0.05) is 17.3 Å². The fraction of sp³-hybridized carbons (Fsp3) is 0.0556. The molecule has 29 heavy (non-hydrogen) atoms. The highest BCUT2D eigenvalue weighted by Gasteiger charge is 2.30. The molecular formula is C18H12F3N7O. The Morgan fingerprint density at radius 3 is 2.55 bits per heavy atom. The molecule has 4 aromatic rings. The molecule has 0 spiro atoms. The minimum atomic E-state index is -4.53. The van der Waals surface area contributed by atoms with Crippen LogP contribution in [0, 0.1) is 0 Å². The van der Waals surface area contributed by atoms with Gasteiger partial charge in [-0.05, 0) is 24.3 Å². The van der Waals surface area contributed by atoms with Crippen LogP contribution in [0.2, 0.25) is 0 Å². The van der Waals surface area contributed by atoms with E-state index in [9.17, 15) is 18.0 Å². The number of aromatic amines is 1. The fourth-order valence-corrected chi connectivity index (χ4v) is 2.74. The van der Waals surface area contributed by atoms with Crippen molar-refractivity contribution < 1.29 is 18.0 Å². The molecule has 0 saturated carbocycles. The van der Waals surface area contributed by atoms with E-state index in [0.29, 0.717) is 22.3 Å². The number of pyridine rings is 1. The summed E-state index contributed by atoms with van der Waals surface area (Å²) >= 11 is 0. The van der Waals surface area contributed by atoms with Crippen LogP contribution in [0.15, 0.2) is 48.9 Å². The van der Waals surface area contributed by atoms with E-state index in [4.69, 9.17) is 5.73 Å². The Balaban J connectivity index is 1.57. The van der Waals surface area contributed by atoms with Crippen LogP contribution in [-0.4, -0.2) is 31.1 Å². The summed E-state index contributed by atoms with van der Waals surface area (Å²) in [5, 5.41) is 9.80. The summed E-state index contributed by atoms with van der Waals surface area (Å²) in [7, 11) is 0. The Morgan fingerprint density at radius 1 is 1.07 bits per heavy atom. The summed E-state index contributed by atoms with van der Waals surface area (Å²) < 4.78 is 38.3. The fourth-order valence-electron chi connectivity index (χ4n) is 2.74. The van der Waals surface area contributed by atoms with Crippen molar-refractivity contribution in [3.63, 3.8) is 0 Å². The van der Waals surface area contributed by atoms with Gasteiger partial charge < -0.3 is 11.1 Å². The second kappa shape index (κ2) is 6.86. The van der Waals surface area contributed by atoms with E-state index in [2.05, 4.69) is 30.5 Å². The lowest BCUT2D eigenvalue weighted by Crippen LogP contribution is -2.14. The number of rotatable bonds is 3. The number of amides is 1. The Bertz CT molecular complexity index is 1200. The summed E-state index contributed by atoms with van der Waals surface area (Å²) in [6, 6.07) is 7.93. The van der Waals surface area contributed by atoms with Gasteiger partial charge in [-0.3, -0.25) is 9.89 Å². The molecule has 0 aliphatic rings. The second-order valence-electron chi connectivity index (χ2n) is 6.02. The van der Waals surface area contributed by atoms with Crippen molar-refractivity contribution in [1.29, 1.82) is 0 Å². The zero-order valence-electron chi connectivity index (χ0n) is 14.5. The topological polar surface area (TPSA) is 122 Å². The van der Waals surface area contributed by atoms with Crippen LogP contribution < -0.4 is 11.1 Å². The van der Waals surface area contributed by atoms with E-state index in [-0.39, 0.29) is 17.2 Å². The van der Waals surface area contributed by atoms with Gasteiger partial charge in [-0.1, -0.05) is 12.1 Å². The first kappa shape index (κ1) is 18.3. The van der Waals surface area contributed by atoms with Crippen LogP contribution in [-0.2, 0) is 6.18 Å². The van der Waals surface area contributed by atoms with Crippen LogP contribution in [0.3, 0.4) is 0 Å². The first-order valence-electron chi connectivity index (χ1n) is 8.22. The first-order valence-corrected chi connectivity index (χ1v) is 8.22. The molecule has 3 aromatic heterocycles. The lowest BCUT2D eigenvalue weighted by molar-refractivity contribution is -0.137. The van der Waals surface area contributed by atoms with Crippen molar-refractivity contribution in [2.24, 2.45) is 0 Å². The van der Waals surface area contributed by atoms with E-state index in [1.807, 2.05) is 0 Å². The minimum absolute atomic E-state index is 0.196. The number of nitrogens with one attached hydrogen (secondary N) is 2. The van der Waals surface area contributed by atoms with E-state index in [1.165, 1.54) is 18.5 Å². The van der Waals surface area contributed by atoms with Crippen molar-refractivity contribution in [2.45, 2.75) is 6.18 Å². The standard InChI is InChI=1S/C18H12F3N7O/c19-18(20,21)11-5-6-23-12(7-11)26-17(29)10-3-1-9(2-4-10)14-13-15(22)24-8-25-16(13)28-27-14/h1-8H,(H,23,26,29)(H3,22,24,25,27,28). The molecule has 8 nitrogen and oxygen atoms in total.